The van der Waals surface area contributed by atoms with Crippen molar-refractivity contribution >= 4 is 11.8 Å². The van der Waals surface area contributed by atoms with Crippen molar-refractivity contribution in [2.24, 2.45) is 0 Å². The van der Waals surface area contributed by atoms with E-state index in [4.69, 9.17) is 4.74 Å². The van der Waals surface area contributed by atoms with Crippen LogP contribution in [0.4, 0.5) is 0 Å². The Bertz CT molecular complexity index is 802. The van der Waals surface area contributed by atoms with Gasteiger partial charge in [0.15, 0.2) is 5.82 Å². The van der Waals surface area contributed by atoms with Gasteiger partial charge in [0.1, 0.15) is 10.8 Å². The van der Waals surface area contributed by atoms with Crippen LogP contribution in [0.1, 0.15) is 11.3 Å². The Morgan fingerprint density at radius 2 is 1.57 bits per heavy atom. The molecule has 116 valence electrons. The zero-order valence-corrected chi connectivity index (χ0v) is 14.1. The summed E-state index contributed by atoms with van der Waals surface area (Å²) >= 11 is 1.58. The lowest BCUT2D eigenvalue weighted by Gasteiger charge is -2.07. The molecule has 0 atom stereocenters. The van der Waals surface area contributed by atoms with Gasteiger partial charge >= 0.3 is 0 Å². The van der Waals surface area contributed by atoms with Crippen LogP contribution in [0.15, 0.2) is 58.5 Å². The van der Waals surface area contributed by atoms with Crippen molar-refractivity contribution in [2.45, 2.75) is 23.8 Å². The first-order valence-electron chi connectivity index (χ1n) is 7.26. The summed E-state index contributed by atoms with van der Waals surface area (Å²) in [7, 11) is 1.66. The number of aryl methyl sites for hydroxylation is 2. The van der Waals surface area contributed by atoms with E-state index >= 15 is 0 Å². The second-order valence-corrected chi connectivity index (χ2v) is 6.23. The quantitative estimate of drug-likeness (QED) is 0.716. The highest BCUT2D eigenvalue weighted by Gasteiger charge is 2.09. The van der Waals surface area contributed by atoms with Gasteiger partial charge in [-0.3, -0.25) is 0 Å². The number of hydrogen-bond donors (Lipinski definition) is 0. The Hall–Kier alpha value is -2.40. The average Bonchev–Trinajstić information content (AvgIpc) is 2.58. The molecule has 0 saturated carbocycles. The lowest BCUT2D eigenvalue weighted by Crippen LogP contribution is -1.98. The highest BCUT2D eigenvalue weighted by molar-refractivity contribution is 7.99. The summed E-state index contributed by atoms with van der Waals surface area (Å²) in [6, 6.07) is 16.0. The molecule has 1 aromatic heterocycles. The minimum atomic E-state index is 0.645. The van der Waals surface area contributed by atoms with Crippen LogP contribution in [0.3, 0.4) is 0 Å². The molecule has 2 aromatic carbocycles. The van der Waals surface area contributed by atoms with Crippen LogP contribution in [0.2, 0.25) is 0 Å². The minimum absolute atomic E-state index is 0.645. The van der Waals surface area contributed by atoms with E-state index in [1.807, 2.05) is 43.3 Å². The van der Waals surface area contributed by atoms with Crippen LogP contribution < -0.4 is 4.74 Å². The SMILES string of the molecule is COc1ccc(Sc2nc(-c3ccc(C)cc3)nnc2C)cc1. The second-order valence-electron chi connectivity index (χ2n) is 5.17. The van der Waals surface area contributed by atoms with Crippen molar-refractivity contribution in [3.05, 3.63) is 59.8 Å². The zero-order chi connectivity index (χ0) is 16.2. The second kappa shape index (κ2) is 6.79. The maximum absolute atomic E-state index is 5.18. The lowest BCUT2D eigenvalue weighted by molar-refractivity contribution is 0.414. The number of benzene rings is 2. The first-order chi connectivity index (χ1) is 11.2. The number of rotatable bonds is 4. The van der Waals surface area contributed by atoms with Crippen molar-refractivity contribution in [2.75, 3.05) is 7.11 Å². The Morgan fingerprint density at radius 3 is 2.22 bits per heavy atom. The lowest BCUT2D eigenvalue weighted by atomic mass is 10.1. The van der Waals surface area contributed by atoms with Gasteiger partial charge in [0, 0.05) is 10.5 Å². The van der Waals surface area contributed by atoms with Gasteiger partial charge in [-0.05, 0) is 38.1 Å². The predicted molar refractivity (Wildman–Crippen MR) is 91.9 cm³/mol. The average molecular weight is 323 g/mol. The van der Waals surface area contributed by atoms with Crippen molar-refractivity contribution in [1.82, 2.24) is 15.2 Å². The fourth-order valence-electron chi connectivity index (χ4n) is 2.04. The largest absolute Gasteiger partial charge is 0.497 e. The monoisotopic (exact) mass is 323 g/mol. The molecule has 0 fully saturated rings. The molecule has 0 saturated heterocycles. The van der Waals surface area contributed by atoms with E-state index in [0.29, 0.717) is 5.82 Å². The number of aromatic nitrogens is 3. The van der Waals surface area contributed by atoms with Crippen LogP contribution in [-0.4, -0.2) is 22.3 Å². The third-order valence-electron chi connectivity index (χ3n) is 3.40. The maximum atomic E-state index is 5.18. The van der Waals surface area contributed by atoms with Gasteiger partial charge in [-0.1, -0.05) is 41.6 Å². The molecule has 0 aliphatic heterocycles. The van der Waals surface area contributed by atoms with Crippen molar-refractivity contribution in [3.63, 3.8) is 0 Å². The molecule has 3 rings (SSSR count). The summed E-state index contributed by atoms with van der Waals surface area (Å²) < 4.78 is 5.18. The summed E-state index contributed by atoms with van der Waals surface area (Å²) in [6.45, 7) is 3.98. The highest BCUT2D eigenvalue weighted by atomic mass is 32.2. The fourth-order valence-corrected chi connectivity index (χ4v) is 2.86. The smallest absolute Gasteiger partial charge is 0.182 e. The molecule has 5 heteroatoms. The van der Waals surface area contributed by atoms with E-state index in [0.717, 1.165) is 26.9 Å². The summed E-state index contributed by atoms with van der Waals surface area (Å²) in [6.07, 6.45) is 0. The summed E-state index contributed by atoms with van der Waals surface area (Å²) in [5.41, 5.74) is 3.00. The van der Waals surface area contributed by atoms with Gasteiger partial charge in [0.05, 0.1) is 12.8 Å². The Kier molecular flexibility index (Phi) is 4.57. The van der Waals surface area contributed by atoms with Crippen molar-refractivity contribution < 1.29 is 4.74 Å². The van der Waals surface area contributed by atoms with E-state index in [1.165, 1.54) is 5.56 Å². The molecule has 1 heterocycles. The van der Waals surface area contributed by atoms with E-state index in [9.17, 15) is 0 Å². The number of methoxy groups -OCH3 is 1. The van der Waals surface area contributed by atoms with Gasteiger partial charge in [0.25, 0.3) is 0 Å². The number of nitrogens with zero attached hydrogens (tertiary/aromatic N) is 3. The molecule has 0 radical (unpaired) electrons. The van der Waals surface area contributed by atoms with Gasteiger partial charge < -0.3 is 4.74 Å². The molecule has 0 N–H and O–H groups in total. The highest BCUT2D eigenvalue weighted by Crippen LogP contribution is 2.30. The van der Waals surface area contributed by atoms with Gasteiger partial charge in [0.2, 0.25) is 0 Å². The summed E-state index contributed by atoms with van der Waals surface area (Å²) in [5.74, 6) is 1.49. The number of hydrogen-bond acceptors (Lipinski definition) is 5. The van der Waals surface area contributed by atoms with Crippen LogP contribution >= 0.6 is 11.8 Å². The normalized spacial score (nSPS) is 10.6. The molecular formula is C18H17N3OS. The third-order valence-corrected chi connectivity index (χ3v) is 4.48. The Morgan fingerprint density at radius 1 is 0.870 bits per heavy atom. The van der Waals surface area contributed by atoms with Gasteiger partial charge in [-0.25, -0.2) is 4.98 Å². The molecule has 0 aliphatic rings. The molecule has 0 bridgehead atoms. The molecule has 0 spiro atoms. The Balaban J connectivity index is 1.89. The topological polar surface area (TPSA) is 47.9 Å². The first kappa shape index (κ1) is 15.5. The van der Waals surface area contributed by atoms with Crippen molar-refractivity contribution in [3.8, 4) is 17.1 Å². The fraction of sp³-hybridized carbons (Fsp3) is 0.167. The van der Waals surface area contributed by atoms with E-state index < -0.39 is 0 Å². The summed E-state index contributed by atoms with van der Waals surface area (Å²) in [4.78, 5) is 5.76. The number of ether oxygens (including phenoxy) is 1. The molecule has 23 heavy (non-hydrogen) atoms. The molecule has 0 unspecified atom stereocenters. The van der Waals surface area contributed by atoms with Crippen LogP contribution in [0, 0.1) is 13.8 Å². The first-order valence-corrected chi connectivity index (χ1v) is 8.07. The van der Waals surface area contributed by atoms with Crippen LogP contribution in [0.25, 0.3) is 11.4 Å². The molecule has 0 aliphatic carbocycles. The van der Waals surface area contributed by atoms with E-state index in [2.05, 4.69) is 34.2 Å². The molecule has 0 amide bonds. The van der Waals surface area contributed by atoms with E-state index in [1.54, 1.807) is 18.9 Å². The maximum Gasteiger partial charge on any atom is 0.182 e. The minimum Gasteiger partial charge on any atom is -0.497 e. The standard InChI is InChI=1S/C18H17N3OS/c1-12-4-6-14(7-5-12)17-19-18(13(2)20-21-17)23-16-10-8-15(22-3)9-11-16/h4-11H,1-3H3. The van der Waals surface area contributed by atoms with Crippen molar-refractivity contribution in [1.29, 1.82) is 0 Å². The molecule has 3 aromatic rings. The molecular weight excluding hydrogens is 306 g/mol. The van der Waals surface area contributed by atoms with Gasteiger partial charge in [-0.15, -0.1) is 5.10 Å². The van der Waals surface area contributed by atoms with Gasteiger partial charge in [-0.2, -0.15) is 5.10 Å². The van der Waals surface area contributed by atoms with Crippen LogP contribution in [0.5, 0.6) is 5.75 Å². The third kappa shape index (κ3) is 3.68. The Labute approximate surface area is 140 Å². The van der Waals surface area contributed by atoms with Crippen LogP contribution in [-0.2, 0) is 0 Å². The zero-order valence-electron chi connectivity index (χ0n) is 13.3. The molecule has 4 nitrogen and oxygen atoms in total. The van der Waals surface area contributed by atoms with E-state index in [-0.39, 0.29) is 0 Å². The predicted octanol–water partition coefficient (Wildman–Crippen LogP) is 4.32. The summed E-state index contributed by atoms with van der Waals surface area (Å²) in [5, 5.41) is 9.32.